The van der Waals surface area contributed by atoms with Gasteiger partial charge in [-0.25, -0.2) is 0 Å². The van der Waals surface area contributed by atoms with E-state index in [2.05, 4.69) is 37.4 Å². The molecule has 0 saturated heterocycles. The molecule has 0 unspecified atom stereocenters. The zero-order chi connectivity index (χ0) is 11.7. The first-order valence-corrected chi connectivity index (χ1v) is 5.56. The van der Waals surface area contributed by atoms with Crippen LogP contribution < -0.4 is 11.1 Å². The van der Waals surface area contributed by atoms with E-state index in [0.29, 0.717) is 5.11 Å². The number of hydrogen-bond donors (Lipinski definition) is 2. The van der Waals surface area contributed by atoms with Gasteiger partial charge in [-0.05, 0) is 42.6 Å². The van der Waals surface area contributed by atoms with Gasteiger partial charge in [0.2, 0.25) is 0 Å². The quantitative estimate of drug-likeness (QED) is 0.739. The molecule has 82 valence electrons. The van der Waals surface area contributed by atoms with E-state index in [1.54, 1.807) is 0 Å². The third-order valence-corrected chi connectivity index (χ3v) is 2.92. The lowest BCUT2D eigenvalue weighted by molar-refractivity contribution is 1.36. The summed E-state index contributed by atoms with van der Waals surface area (Å²) < 4.78 is 0. The number of benzene rings is 2. The number of hydrogen-bond acceptors (Lipinski definition) is 1. The second-order valence-corrected chi connectivity index (χ2v) is 4.34. The van der Waals surface area contributed by atoms with Crippen molar-refractivity contribution >= 4 is 33.8 Å². The standard InChI is InChI=1S/C13H14N2S/c1-8-7-10-5-3-4-6-11(10)12(9(8)2)15-13(14)16/h3-7H,1-2H3,(H3,14,15,16). The van der Waals surface area contributed by atoms with Crippen molar-refractivity contribution in [2.75, 3.05) is 5.32 Å². The van der Waals surface area contributed by atoms with Crippen LogP contribution in [0.4, 0.5) is 5.69 Å². The molecule has 3 N–H and O–H groups in total. The van der Waals surface area contributed by atoms with E-state index in [1.807, 2.05) is 12.1 Å². The second-order valence-electron chi connectivity index (χ2n) is 3.90. The maximum Gasteiger partial charge on any atom is 0.168 e. The number of aryl methyl sites for hydroxylation is 1. The van der Waals surface area contributed by atoms with E-state index < -0.39 is 0 Å². The first-order chi connectivity index (χ1) is 7.59. The Morgan fingerprint density at radius 3 is 2.62 bits per heavy atom. The Morgan fingerprint density at radius 2 is 1.94 bits per heavy atom. The van der Waals surface area contributed by atoms with Gasteiger partial charge in [0.15, 0.2) is 5.11 Å². The molecule has 2 aromatic rings. The Morgan fingerprint density at radius 1 is 1.25 bits per heavy atom. The van der Waals surface area contributed by atoms with Crippen LogP contribution in [0.25, 0.3) is 10.8 Å². The molecule has 16 heavy (non-hydrogen) atoms. The fraction of sp³-hybridized carbons (Fsp3) is 0.154. The van der Waals surface area contributed by atoms with Crippen molar-refractivity contribution in [3.63, 3.8) is 0 Å². The van der Waals surface area contributed by atoms with Crippen molar-refractivity contribution in [3.8, 4) is 0 Å². The van der Waals surface area contributed by atoms with Crippen LogP contribution in [0.3, 0.4) is 0 Å². The van der Waals surface area contributed by atoms with Crippen LogP contribution in [0.15, 0.2) is 30.3 Å². The van der Waals surface area contributed by atoms with Crippen molar-refractivity contribution < 1.29 is 0 Å². The Hall–Kier alpha value is -1.61. The topological polar surface area (TPSA) is 38.0 Å². The first kappa shape index (κ1) is 10.9. The number of thiocarbonyl (C=S) groups is 1. The molecule has 0 aromatic heterocycles. The van der Waals surface area contributed by atoms with Gasteiger partial charge in [-0.15, -0.1) is 0 Å². The summed E-state index contributed by atoms with van der Waals surface area (Å²) >= 11 is 4.91. The molecule has 0 bridgehead atoms. The van der Waals surface area contributed by atoms with Gasteiger partial charge in [0.1, 0.15) is 0 Å². The fourth-order valence-corrected chi connectivity index (χ4v) is 1.98. The van der Waals surface area contributed by atoms with Gasteiger partial charge in [-0.1, -0.05) is 30.3 Å². The normalized spacial score (nSPS) is 10.4. The van der Waals surface area contributed by atoms with Crippen molar-refractivity contribution in [1.82, 2.24) is 0 Å². The van der Waals surface area contributed by atoms with Gasteiger partial charge < -0.3 is 11.1 Å². The summed E-state index contributed by atoms with van der Waals surface area (Å²) in [7, 11) is 0. The van der Waals surface area contributed by atoms with Crippen LogP contribution in [0.5, 0.6) is 0 Å². The third-order valence-electron chi connectivity index (χ3n) is 2.82. The summed E-state index contributed by atoms with van der Waals surface area (Å²) in [4.78, 5) is 0. The lowest BCUT2D eigenvalue weighted by Crippen LogP contribution is -2.20. The van der Waals surface area contributed by atoms with Crippen molar-refractivity contribution in [2.24, 2.45) is 5.73 Å². The Labute approximate surface area is 100 Å². The zero-order valence-electron chi connectivity index (χ0n) is 9.37. The molecule has 0 aliphatic rings. The largest absolute Gasteiger partial charge is 0.376 e. The van der Waals surface area contributed by atoms with Gasteiger partial charge in [-0.2, -0.15) is 0 Å². The number of rotatable bonds is 1. The lowest BCUT2D eigenvalue weighted by atomic mass is 10.00. The minimum atomic E-state index is 0.304. The van der Waals surface area contributed by atoms with E-state index in [-0.39, 0.29) is 0 Å². The molecule has 0 amide bonds. The Kier molecular flexibility index (Phi) is 2.79. The first-order valence-electron chi connectivity index (χ1n) is 5.15. The predicted molar refractivity (Wildman–Crippen MR) is 73.8 cm³/mol. The van der Waals surface area contributed by atoms with E-state index in [0.717, 1.165) is 11.1 Å². The van der Waals surface area contributed by atoms with E-state index in [9.17, 15) is 0 Å². The second kappa shape index (κ2) is 4.10. The molecule has 2 aromatic carbocycles. The van der Waals surface area contributed by atoms with E-state index >= 15 is 0 Å². The summed E-state index contributed by atoms with van der Waals surface area (Å²) in [6, 6.07) is 10.4. The number of fused-ring (bicyclic) bond motifs is 1. The molecular formula is C13H14N2S. The van der Waals surface area contributed by atoms with Crippen LogP contribution in [0.2, 0.25) is 0 Å². The Balaban J connectivity index is 2.76. The van der Waals surface area contributed by atoms with Gasteiger partial charge in [0.05, 0.1) is 5.69 Å². The van der Waals surface area contributed by atoms with Crippen molar-refractivity contribution in [1.29, 1.82) is 0 Å². The minimum absolute atomic E-state index is 0.304. The highest BCUT2D eigenvalue weighted by molar-refractivity contribution is 7.80. The molecule has 3 heteroatoms. The van der Waals surface area contributed by atoms with Gasteiger partial charge in [0, 0.05) is 5.39 Å². The summed E-state index contributed by atoms with van der Waals surface area (Å²) in [5.41, 5.74) is 8.99. The van der Waals surface area contributed by atoms with Crippen molar-refractivity contribution in [2.45, 2.75) is 13.8 Å². The highest BCUT2D eigenvalue weighted by Crippen LogP contribution is 2.29. The maximum atomic E-state index is 5.55. The van der Waals surface area contributed by atoms with Crippen LogP contribution in [-0.2, 0) is 0 Å². The van der Waals surface area contributed by atoms with Gasteiger partial charge >= 0.3 is 0 Å². The van der Waals surface area contributed by atoms with Gasteiger partial charge in [-0.3, -0.25) is 0 Å². The smallest absolute Gasteiger partial charge is 0.168 e. The molecule has 0 atom stereocenters. The molecule has 0 aliphatic carbocycles. The average molecular weight is 230 g/mol. The molecular weight excluding hydrogens is 216 g/mol. The summed E-state index contributed by atoms with van der Waals surface area (Å²) in [5.74, 6) is 0. The predicted octanol–water partition coefficient (Wildman–Crippen LogP) is 3.11. The number of nitrogens with two attached hydrogens (primary N) is 1. The molecule has 2 nitrogen and oxygen atoms in total. The van der Waals surface area contributed by atoms with Crippen molar-refractivity contribution in [3.05, 3.63) is 41.5 Å². The molecule has 0 saturated carbocycles. The van der Waals surface area contributed by atoms with Crippen LogP contribution in [-0.4, -0.2) is 5.11 Å². The highest BCUT2D eigenvalue weighted by Gasteiger charge is 2.07. The number of nitrogens with one attached hydrogen (secondary N) is 1. The summed E-state index contributed by atoms with van der Waals surface area (Å²) in [5, 5.41) is 5.72. The minimum Gasteiger partial charge on any atom is -0.376 e. The van der Waals surface area contributed by atoms with E-state index in [4.69, 9.17) is 18.0 Å². The van der Waals surface area contributed by atoms with Crippen LogP contribution in [0.1, 0.15) is 11.1 Å². The molecule has 0 heterocycles. The summed E-state index contributed by atoms with van der Waals surface area (Å²) in [6.45, 7) is 4.16. The fourth-order valence-electron chi connectivity index (χ4n) is 1.88. The number of anilines is 1. The monoisotopic (exact) mass is 230 g/mol. The van der Waals surface area contributed by atoms with Crippen LogP contribution >= 0.6 is 12.2 Å². The SMILES string of the molecule is Cc1cc2ccccc2c(NC(N)=S)c1C. The zero-order valence-corrected chi connectivity index (χ0v) is 10.2. The van der Waals surface area contributed by atoms with E-state index in [1.165, 1.54) is 16.5 Å². The molecule has 0 spiro atoms. The van der Waals surface area contributed by atoms with Gasteiger partial charge in [0.25, 0.3) is 0 Å². The third kappa shape index (κ3) is 1.86. The van der Waals surface area contributed by atoms with Crippen LogP contribution in [0, 0.1) is 13.8 Å². The molecule has 0 aliphatic heterocycles. The maximum absolute atomic E-state index is 5.55. The highest BCUT2D eigenvalue weighted by atomic mass is 32.1. The Bertz CT molecular complexity index is 561. The lowest BCUT2D eigenvalue weighted by Gasteiger charge is -2.14. The molecule has 0 fully saturated rings. The molecule has 0 radical (unpaired) electrons. The molecule has 2 rings (SSSR count). The average Bonchev–Trinajstić information content (AvgIpc) is 2.24. The summed E-state index contributed by atoms with van der Waals surface area (Å²) in [6.07, 6.45) is 0.